The highest BCUT2D eigenvalue weighted by atomic mass is 32.2. The Balaban J connectivity index is 1.35. The van der Waals surface area contributed by atoms with Crippen molar-refractivity contribution in [3.8, 4) is 0 Å². The fraction of sp³-hybridized carbons (Fsp3) is 0.714. The van der Waals surface area contributed by atoms with Crippen molar-refractivity contribution in [2.24, 2.45) is 0 Å². The molecule has 0 aromatic heterocycles. The summed E-state index contributed by atoms with van der Waals surface area (Å²) >= 11 is 2.25. The van der Waals surface area contributed by atoms with Gasteiger partial charge in [-0.05, 0) is 12.8 Å². The number of hydroxylamine groups is 2. The van der Waals surface area contributed by atoms with Crippen molar-refractivity contribution in [3.63, 3.8) is 0 Å². The standard InChI is InChI=1S/C14H19N3O8S2/c18-10-5-9(27-25-24-22)13(20)17(10)23-11(19)4-2-1-3-8-12-7(6-26-8)15-14(21)16-12/h7-9,12,22H,1-6H2,(H2,15,16,21)/t7-,8?,9?,12-/m0/s1. The lowest BCUT2D eigenvalue weighted by atomic mass is 10.0. The fourth-order valence-electron chi connectivity index (χ4n) is 3.22. The number of urea groups is 1. The van der Waals surface area contributed by atoms with Crippen LogP contribution >= 0.6 is 23.8 Å². The summed E-state index contributed by atoms with van der Waals surface area (Å²) in [5.41, 5.74) is 0. The van der Waals surface area contributed by atoms with Gasteiger partial charge >= 0.3 is 12.0 Å². The number of carbonyl (C=O) groups excluding carboxylic acids is 4. The van der Waals surface area contributed by atoms with Crippen LogP contribution in [0.5, 0.6) is 0 Å². The van der Waals surface area contributed by atoms with E-state index in [0.717, 1.165) is 18.6 Å². The third kappa shape index (κ3) is 4.85. The maximum atomic E-state index is 11.9. The van der Waals surface area contributed by atoms with Gasteiger partial charge < -0.3 is 15.5 Å². The molecule has 0 spiro atoms. The Labute approximate surface area is 162 Å². The number of hydrogen-bond donors (Lipinski definition) is 3. The molecule has 3 fully saturated rings. The predicted octanol–water partition coefficient (Wildman–Crippen LogP) is 0.367. The molecule has 0 saturated carbocycles. The predicted molar refractivity (Wildman–Crippen MR) is 92.7 cm³/mol. The summed E-state index contributed by atoms with van der Waals surface area (Å²) in [6.45, 7) is 0. The van der Waals surface area contributed by atoms with E-state index in [2.05, 4.69) is 20.0 Å². The summed E-state index contributed by atoms with van der Waals surface area (Å²) < 4.78 is 4.15. The lowest BCUT2D eigenvalue weighted by Crippen LogP contribution is -2.36. The van der Waals surface area contributed by atoms with Crippen LogP contribution < -0.4 is 10.6 Å². The molecule has 0 bridgehead atoms. The molecule has 4 amide bonds. The van der Waals surface area contributed by atoms with Crippen LogP contribution in [0.25, 0.3) is 0 Å². The van der Waals surface area contributed by atoms with E-state index in [9.17, 15) is 19.2 Å². The average Bonchev–Trinajstić information content (AvgIpc) is 3.26. The third-order valence-electron chi connectivity index (χ3n) is 4.50. The SMILES string of the molecule is O=C1N[C@H]2CSC(CCCCC(=O)ON3C(=O)CC(SOOO)C3=O)[C@H]2N1. The van der Waals surface area contributed by atoms with E-state index < -0.39 is 23.0 Å². The van der Waals surface area contributed by atoms with Crippen molar-refractivity contribution in [1.82, 2.24) is 15.7 Å². The number of nitrogens with one attached hydrogen (secondary N) is 2. The van der Waals surface area contributed by atoms with E-state index in [4.69, 9.17) is 10.1 Å². The molecule has 3 N–H and O–H groups in total. The average molecular weight is 421 g/mol. The summed E-state index contributed by atoms with van der Waals surface area (Å²) in [6.07, 6.45) is 2.00. The first-order chi connectivity index (χ1) is 13.0. The molecule has 11 nitrogen and oxygen atoms in total. The van der Waals surface area contributed by atoms with E-state index in [1.807, 2.05) is 0 Å². The molecule has 2 unspecified atom stereocenters. The summed E-state index contributed by atoms with van der Waals surface area (Å²) in [4.78, 5) is 51.8. The second kappa shape index (κ2) is 9.10. The second-order valence-electron chi connectivity index (χ2n) is 6.29. The van der Waals surface area contributed by atoms with Crippen molar-refractivity contribution >= 4 is 47.6 Å². The highest BCUT2D eigenvalue weighted by molar-refractivity contribution is 8.00. The number of amides is 4. The van der Waals surface area contributed by atoms with Gasteiger partial charge in [0, 0.05) is 29.5 Å². The van der Waals surface area contributed by atoms with Crippen LogP contribution in [-0.4, -0.2) is 62.5 Å². The minimum Gasteiger partial charge on any atom is -0.332 e. The molecule has 3 aliphatic rings. The number of nitrogens with zero attached hydrogens (tertiary/aromatic N) is 1. The van der Waals surface area contributed by atoms with Gasteiger partial charge in [0.15, 0.2) is 0 Å². The van der Waals surface area contributed by atoms with E-state index >= 15 is 0 Å². The van der Waals surface area contributed by atoms with Gasteiger partial charge in [0.1, 0.15) is 5.25 Å². The smallest absolute Gasteiger partial charge is 0.332 e. The molecule has 0 aromatic rings. The van der Waals surface area contributed by atoms with Crippen LogP contribution in [-0.2, 0) is 28.6 Å². The molecule has 4 atom stereocenters. The zero-order valence-corrected chi connectivity index (χ0v) is 15.8. The molecule has 150 valence electrons. The van der Waals surface area contributed by atoms with Gasteiger partial charge in [-0.2, -0.15) is 11.8 Å². The van der Waals surface area contributed by atoms with Gasteiger partial charge in [0.05, 0.1) is 18.5 Å². The molecule has 3 heterocycles. The Morgan fingerprint density at radius 3 is 2.89 bits per heavy atom. The largest absolute Gasteiger partial charge is 0.333 e. The Hall–Kier alpha value is -1.54. The van der Waals surface area contributed by atoms with Crippen LogP contribution in [0.3, 0.4) is 0 Å². The number of fused-ring (bicyclic) bond motifs is 1. The van der Waals surface area contributed by atoms with Gasteiger partial charge in [-0.15, -0.1) is 9.40 Å². The molecule has 3 rings (SSSR count). The Morgan fingerprint density at radius 2 is 2.11 bits per heavy atom. The number of rotatable bonds is 9. The van der Waals surface area contributed by atoms with Crippen molar-refractivity contribution < 1.29 is 38.6 Å². The molecule has 27 heavy (non-hydrogen) atoms. The molecular weight excluding hydrogens is 402 g/mol. The van der Waals surface area contributed by atoms with E-state index in [0.29, 0.717) is 28.8 Å². The summed E-state index contributed by atoms with van der Waals surface area (Å²) in [6, 6.07) is 0.149. The topological polar surface area (TPSA) is 144 Å². The minimum absolute atomic E-state index is 0.0706. The van der Waals surface area contributed by atoms with Gasteiger partial charge in [-0.3, -0.25) is 9.59 Å². The van der Waals surface area contributed by atoms with E-state index in [1.165, 1.54) is 0 Å². The Morgan fingerprint density at radius 1 is 1.30 bits per heavy atom. The summed E-state index contributed by atoms with van der Waals surface area (Å²) in [5.74, 6) is -1.20. The van der Waals surface area contributed by atoms with Crippen molar-refractivity contribution in [3.05, 3.63) is 0 Å². The van der Waals surface area contributed by atoms with Crippen molar-refractivity contribution in [2.45, 2.75) is 54.7 Å². The van der Waals surface area contributed by atoms with Crippen LogP contribution in [0.4, 0.5) is 4.79 Å². The lowest BCUT2D eigenvalue weighted by molar-refractivity contribution is -0.432. The maximum Gasteiger partial charge on any atom is 0.333 e. The quantitative estimate of drug-likeness (QED) is 0.119. The summed E-state index contributed by atoms with van der Waals surface area (Å²) in [5, 5.41) is 17.0. The van der Waals surface area contributed by atoms with Crippen LogP contribution in [0.2, 0.25) is 0 Å². The lowest BCUT2D eigenvalue weighted by Gasteiger charge is -2.16. The third-order valence-corrected chi connectivity index (χ3v) is 6.75. The first-order valence-electron chi connectivity index (χ1n) is 8.39. The van der Waals surface area contributed by atoms with Gasteiger partial charge in [0.25, 0.3) is 11.8 Å². The van der Waals surface area contributed by atoms with E-state index in [-0.39, 0.29) is 31.0 Å². The van der Waals surface area contributed by atoms with E-state index in [1.54, 1.807) is 11.8 Å². The normalized spacial score (nSPS) is 29.7. The van der Waals surface area contributed by atoms with Gasteiger partial charge in [-0.25, -0.2) is 14.8 Å². The fourth-order valence-corrected chi connectivity index (χ4v) is 5.29. The zero-order valence-electron chi connectivity index (χ0n) is 14.1. The number of hydrogen-bond acceptors (Lipinski definition) is 10. The molecule has 3 aliphatic heterocycles. The summed E-state index contributed by atoms with van der Waals surface area (Å²) in [7, 11) is 0. The second-order valence-corrected chi connectivity index (χ2v) is 8.46. The van der Waals surface area contributed by atoms with Crippen molar-refractivity contribution in [2.75, 3.05) is 5.75 Å². The van der Waals surface area contributed by atoms with Crippen LogP contribution in [0.1, 0.15) is 32.1 Å². The molecule has 0 aliphatic carbocycles. The van der Waals surface area contributed by atoms with Gasteiger partial charge in [0.2, 0.25) is 0 Å². The zero-order chi connectivity index (χ0) is 19.4. The minimum atomic E-state index is -0.944. The van der Waals surface area contributed by atoms with Gasteiger partial charge in [-0.1, -0.05) is 11.5 Å². The van der Waals surface area contributed by atoms with Crippen molar-refractivity contribution in [1.29, 1.82) is 0 Å². The number of thioether (sulfide) groups is 1. The number of unbranched alkanes of at least 4 members (excludes halogenated alkanes) is 1. The number of imide groups is 1. The Kier molecular flexibility index (Phi) is 6.81. The first-order valence-corrected chi connectivity index (χ1v) is 10.2. The Bertz CT molecular complexity index is 621. The first kappa shape index (κ1) is 20.2. The molecular formula is C14H19N3O8S2. The molecule has 3 saturated heterocycles. The highest BCUT2D eigenvalue weighted by Gasteiger charge is 2.44. The van der Waals surface area contributed by atoms with Crippen LogP contribution in [0, 0.1) is 0 Å². The molecule has 0 radical (unpaired) electrons. The monoisotopic (exact) mass is 421 g/mol. The molecule has 0 aromatic carbocycles. The maximum absolute atomic E-state index is 11.9. The molecule has 13 heteroatoms. The number of carbonyl (C=O) groups is 4. The van der Waals surface area contributed by atoms with Crippen LogP contribution in [0.15, 0.2) is 0 Å². The highest BCUT2D eigenvalue weighted by Crippen LogP contribution is 2.33.